The second-order valence-corrected chi connectivity index (χ2v) is 9.20. The summed E-state index contributed by atoms with van der Waals surface area (Å²) in [6.45, 7) is 12.5. The quantitative estimate of drug-likeness (QED) is 0.648. The predicted molar refractivity (Wildman–Crippen MR) is 115 cm³/mol. The molecule has 29 heavy (non-hydrogen) atoms. The van der Waals surface area contributed by atoms with E-state index in [1.807, 2.05) is 28.9 Å². The number of hydrogen-bond donors (Lipinski definition) is 0. The molecule has 0 saturated carbocycles. The number of ether oxygens (including phenoxy) is 1. The molecular weight excluding hydrogens is 388 g/mol. The van der Waals surface area contributed by atoms with Gasteiger partial charge >= 0.3 is 0 Å². The lowest BCUT2D eigenvalue weighted by Crippen LogP contribution is -2.46. The number of halogens is 1. The fourth-order valence-corrected chi connectivity index (χ4v) is 3.84. The summed E-state index contributed by atoms with van der Waals surface area (Å²) in [5.41, 5.74) is 2.22. The number of fused-ring (bicyclic) bond motifs is 1. The fraction of sp³-hybridized carbons (Fsp3) is 0.524. The lowest BCUT2D eigenvalue weighted by atomic mass is 9.95. The minimum Gasteiger partial charge on any atom is -0.372 e. The van der Waals surface area contributed by atoms with Gasteiger partial charge in [0.05, 0.1) is 18.8 Å². The maximum Gasteiger partial charge on any atom is 0.184 e. The summed E-state index contributed by atoms with van der Waals surface area (Å²) < 4.78 is 7.71. The maximum atomic E-state index is 6.36. The molecule has 0 amide bonds. The number of nitrogens with zero attached hydrogens (tertiary/aromatic N) is 6. The van der Waals surface area contributed by atoms with Crippen LogP contribution in [0.15, 0.2) is 24.3 Å². The number of benzene rings is 1. The van der Waals surface area contributed by atoms with E-state index in [1.54, 1.807) is 0 Å². The third-order valence-corrected chi connectivity index (χ3v) is 5.38. The number of rotatable bonds is 3. The van der Waals surface area contributed by atoms with E-state index in [4.69, 9.17) is 26.3 Å². The first-order chi connectivity index (χ1) is 13.7. The van der Waals surface area contributed by atoms with Gasteiger partial charge in [0.15, 0.2) is 17.0 Å². The van der Waals surface area contributed by atoms with Gasteiger partial charge in [0, 0.05) is 23.5 Å². The fourth-order valence-electron chi connectivity index (χ4n) is 3.64. The standard InChI is InChI=1S/C21H27ClN6O/c1-13-10-27(11-14(2)29-13)18-17-19(24-20(23-18)21(3,4)5)28(26-25-17)12-15-8-6-7-9-16(15)22/h6-9,13-14H,10-12H2,1-5H3/t13-,14?/m1/s1. The van der Waals surface area contributed by atoms with E-state index in [2.05, 4.69) is 49.8 Å². The van der Waals surface area contributed by atoms with Crippen LogP contribution in [0, 0.1) is 0 Å². The summed E-state index contributed by atoms with van der Waals surface area (Å²) in [5, 5.41) is 9.56. The molecule has 4 rings (SSSR count). The van der Waals surface area contributed by atoms with E-state index in [9.17, 15) is 0 Å². The van der Waals surface area contributed by atoms with Gasteiger partial charge in [-0.15, -0.1) is 5.10 Å². The Labute approximate surface area is 176 Å². The lowest BCUT2D eigenvalue weighted by Gasteiger charge is -2.36. The Bertz CT molecular complexity index is 1020. The van der Waals surface area contributed by atoms with Gasteiger partial charge in [0.2, 0.25) is 0 Å². The van der Waals surface area contributed by atoms with E-state index < -0.39 is 0 Å². The van der Waals surface area contributed by atoms with Crippen LogP contribution >= 0.6 is 11.6 Å². The van der Waals surface area contributed by atoms with E-state index in [1.165, 1.54) is 0 Å². The van der Waals surface area contributed by atoms with Crippen molar-refractivity contribution < 1.29 is 4.74 Å². The van der Waals surface area contributed by atoms with Crippen LogP contribution < -0.4 is 4.90 Å². The first kappa shape index (κ1) is 20.0. The molecule has 0 spiro atoms. The SMILES string of the molecule is CC1CN(c2nc(C(C)(C)C)nc3c2nnn3Cc2ccccc2Cl)C[C@@H](C)O1. The Morgan fingerprint density at radius 2 is 1.79 bits per heavy atom. The number of anilines is 1. The third-order valence-electron chi connectivity index (χ3n) is 5.01. The smallest absolute Gasteiger partial charge is 0.184 e. The number of hydrogen-bond acceptors (Lipinski definition) is 6. The van der Waals surface area contributed by atoms with Gasteiger partial charge in [-0.05, 0) is 25.5 Å². The summed E-state index contributed by atoms with van der Waals surface area (Å²) >= 11 is 6.36. The van der Waals surface area contributed by atoms with Crippen LogP contribution in [0.1, 0.15) is 46.0 Å². The minimum atomic E-state index is -0.202. The monoisotopic (exact) mass is 414 g/mol. The number of morpholine rings is 1. The van der Waals surface area contributed by atoms with Crippen LogP contribution in [0.25, 0.3) is 11.2 Å². The van der Waals surface area contributed by atoms with Crippen molar-refractivity contribution in [3.05, 3.63) is 40.7 Å². The molecule has 3 heterocycles. The average Bonchev–Trinajstić information content (AvgIpc) is 3.04. The molecule has 1 fully saturated rings. The van der Waals surface area contributed by atoms with Crippen LogP contribution in [0.5, 0.6) is 0 Å². The highest BCUT2D eigenvalue weighted by atomic mass is 35.5. The summed E-state index contributed by atoms with van der Waals surface area (Å²) in [4.78, 5) is 12.0. The van der Waals surface area contributed by atoms with Gasteiger partial charge < -0.3 is 9.64 Å². The van der Waals surface area contributed by atoms with E-state index >= 15 is 0 Å². The molecule has 8 heteroatoms. The van der Waals surface area contributed by atoms with E-state index in [0.29, 0.717) is 17.1 Å². The highest BCUT2D eigenvalue weighted by Crippen LogP contribution is 2.29. The molecule has 0 aliphatic carbocycles. The van der Waals surface area contributed by atoms with Crippen molar-refractivity contribution in [2.45, 2.75) is 58.8 Å². The van der Waals surface area contributed by atoms with Gasteiger partial charge in [-0.25, -0.2) is 14.6 Å². The lowest BCUT2D eigenvalue weighted by molar-refractivity contribution is -0.00540. The van der Waals surface area contributed by atoms with Crippen molar-refractivity contribution in [2.24, 2.45) is 0 Å². The van der Waals surface area contributed by atoms with Crippen molar-refractivity contribution in [2.75, 3.05) is 18.0 Å². The molecule has 0 radical (unpaired) electrons. The molecule has 3 aromatic rings. The largest absolute Gasteiger partial charge is 0.372 e. The molecule has 1 aliphatic rings. The molecule has 7 nitrogen and oxygen atoms in total. The topological polar surface area (TPSA) is 69.0 Å². The second kappa shape index (κ2) is 7.54. The van der Waals surface area contributed by atoms with Crippen LogP contribution in [0.2, 0.25) is 5.02 Å². The van der Waals surface area contributed by atoms with Gasteiger partial charge in [0.1, 0.15) is 5.82 Å². The highest BCUT2D eigenvalue weighted by Gasteiger charge is 2.29. The van der Waals surface area contributed by atoms with Crippen LogP contribution in [0.3, 0.4) is 0 Å². The van der Waals surface area contributed by atoms with Crippen LogP contribution in [0.4, 0.5) is 5.82 Å². The Morgan fingerprint density at radius 3 is 2.45 bits per heavy atom. The van der Waals surface area contributed by atoms with E-state index in [-0.39, 0.29) is 17.6 Å². The molecule has 1 aliphatic heterocycles. The summed E-state index contributed by atoms with van der Waals surface area (Å²) in [5.74, 6) is 1.60. The summed E-state index contributed by atoms with van der Waals surface area (Å²) in [7, 11) is 0. The zero-order valence-electron chi connectivity index (χ0n) is 17.6. The Kier molecular flexibility index (Phi) is 5.21. The Hall–Kier alpha value is -2.25. The molecule has 1 unspecified atom stereocenters. The first-order valence-electron chi connectivity index (χ1n) is 9.98. The zero-order valence-corrected chi connectivity index (χ0v) is 18.3. The molecular formula is C21H27ClN6O. The first-order valence-corrected chi connectivity index (χ1v) is 10.4. The van der Waals surface area contributed by atoms with Crippen molar-refractivity contribution in [3.8, 4) is 0 Å². The van der Waals surface area contributed by atoms with Crippen molar-refractivity contribution >= 4 is 28.6 Å². The molecule has 0 bridgehead atoms. The molecule has 2 atom stereocenters. The van der Waals surface area contributed by atoms with Crippen LogP contribution in [-0.4, -0.2) is 50.3 Å². The molecule has 154 valence electrons. The predicted octanol–water partition coefficient (Wildman–Crippen LogP) is 3.83. The maximum absolute atomic E-state index is 6.36. The molecule has 1 saturated heterocycles. The summed E-state index contributed by atoms with van der Waals surface area (Å²) in [6.07, 6.45) is 0.250. The molecule has 1 aromatic carbocycles. The van der Waals surface area contributed by atoms with Gasteiger partial charge in [-0.2, -0.15) is 0 Å². The summed E-state index contributed by atoms with van der Waals surface area (Å²) in [6, 6.07) is 7.77. The number of aromatic nitrogens is 5. The third kappa shape index (κ3) is 4.07. The second-order valence-electron chi connectivity index (χ2n) is 8.79. The van der Waals surface area contributed by atoms with Gasteiger partial charge in [-0.1, -0.05) is 55.8 Å². The van der Waals surface area contributed by atoms with Gasteiger partial charge in [0.25, 0.3) is 0 Å². The van der Waals surface area contributed by atoms with E-state index in [0.717, 1.165) is 35.9 Å². The zero-order chi connectivity index (χ0) is 20.8. The van der Waals surface area contributed by atoms with Crippen LogP contribution in [-0.2, 0) is 16.7 Å². The normalized spacial score (nSPS) is 20.4. The van der Waals surface area contributed by atoms with Gasteiger partial charge in [-0.3, -0.25) is 0 Å². The van der Waals surface area contributed by atoms with Crippen molar-refractivity contribution in [1.29, 1.82) is 0 Å². The highest BCUT2D eigenvalue weighted by molar-refractivity contribution is 6.31. The Balaban J connectivity index is 1.83. The molecule has 2 aromatic heterocycles. The van der Waals surface area contributed by atoms with Crippen molar-refractivity contribution in [3.63, 3.8) is 0 Å². The average molecular weight is 415 g/mol. The van der Waals surface area contributed by atoms with Crippen molar-refractivity contribution in [1.82, 2.24) is 25.0 Å². The Morgan fingerprint density at radius 1 is 1.10 bits per heavy atom. The minimum absolute atomic E-state index is 0.125. The molecule has 0 N–H and O–H groups in total.